The number of halogens is 1. The number of ether oxygens (including phenoxy) is 2. The molecule has 1 amide bonds. The van der Waals surface area contributed by atoms with Crippen molar-refractivity contribution in [2.24, 2.45) is 0 Å². The predicted octanol–water partition coefficient (Wildman–Crippen LogP) is 0.929. The number of phenolic OH excluding ortho intramolecular Hbond substituents is 1. The first-order chi connectivity index (χ1) is 9.65. The third-order valence-corrected chi connectivity index (χ3v) is 3.49. The van der Waals surface area contributed by atoms with Gasteiger partial charge in [0, 0.05) is 19.7 Å². The molecule has 1 heterocycles. The lowest BCUT2D eigenvalue weighted by atomic mass is 10.0. The summed E-state index contributed by atoms with van der Waals surface area (Å²) in [5.74, 6) is 0.0913. The van der Waals surface area contributed by atoms with Crippen LogP contribution in [0.2, 0.25) is 0 Å². The number of hydrogen-bond donors (Lipinski definition) is 3. The van der Waals surface area contributed by atoms with Crippen molar-refractivity contribution in [3.05, 3.63) is 23.8 Å². The molecule has 1 aliphatic rings. The maximum absolute atomic E-state index is 12.2. The van der Waals surface area contributed by atoms with Gasteiger partial charge in [-0.25, -0.2) is 0 Å². The molecule has 1 aromatic carbocycles. The Labute approximate surface area is 130 Å². The molecule has 6 nitrogen and oxygen atoms in total. The topological polar surface area (TPSA) is 79.8 Å². The number of amides is 1. The third-order valence-electron chi connectivity index (χ3n) is 3.49. The third kappa shape index (κ3) is 4.23. The van der Waals surface area contributed by atoms with Gasteiger partial charge in [-0.1, -0.05) is 0 Å². The summed E-state index contributed by atoms with van der Waals surface area (Å²) in [6, 6.07) is 4.49. The van der Waals surface area contributed by atoms with E-state index in [2.05, 4.69) is 10.6 Å². The van der Waals surface area contributed by atoms with Gasteiger partial charge in [0.25, 0.3) is 5.91 Å². The Morgan fingerprint density at radius 1 is 1.43 bits per heavy atom. The molecular weight excluding hydrogens is 296 g/mol. The Kier molecular flexibility index (Phi) is 6.74. The fourth-order valence-corrected chi connectivity index (χ4v) is 2.34. The molecule has 0 aromatic heterocycles. The number of rotatable bonds is 4. The Morgan fingerprint density at radius 2 is 2.19 bits per heavy atom. The lowest BCUT2D eigenvalue weighted by Gasteiger charge is -2.31. The van der Waals surface area contributed by atoms with Gasteiger partial charge < -0.3 is 25.2 Å². The van der Waals surface area contributed by atoms with E-state index in [1.807, 2.05) is 0 Å². The van der Waals surface area contributed by atoms with E-state index in [9.17, 15) is 9.90 Å². The first kappa shape index (κ1) is 17.6. The van der Waals surface area contributed by atoms with Crippen LogP contribution in [0.4, 0.5) is 0 Å². The van der Waals surface area contributed by atoms with Crippen LogP contribution < -0.4 is 15.4 Å². The van der Waals surface area contributed by atoms with Crippen LogP contribution in [-0.2, 0) is 4.74 Å². The van der Waals surface area contributed by atoms with Crippen LogP contribution in [0.25, 0.3) is 0 Å². The molecule has 21 heavy (non-hydrogen) atoms. The van der Waals surface area contributed by atoms with E-state index in [0.717, 1.165) is 13.0 Å². The summed E-state index contributed by atoms with van der Waals surface area (Å²) in [6.07, 6.45) is 0.830. The minimum Gasteiger partial charge on any atom is -0.507 e. The van der Waals surface area contributed by atoms with E-state index in [-0.39, 0.29) is 41.8 Å². The molecule has 3 N–H and O–H groups in total. The van der Waals surface area contributed by atoms with Gasteiger partial charge >= 0.3 is 0 Å². The second kappa shape index (κ2) is 8.07. The van der Waals surface area contributed by atoms with Crippen molar-refractivity contribution in [1.82, 2.24) is 10.6 Å². The molecular formula is C14H21ClN2O4. The zero-order valence-corrected chi connectivity index (χ0v) is 12.9. The minimum atomic E-state index is -0.319. The van der Waals surface area contributed by atoms with Crippen molar-refractivity contribution in [2.45, 2.75) is 18.6 Å². The molecule has 0 aliphatic carbocycles. The largest absolute Gasteiger partial charge is 0.507 e. The van der Waals surface area contributed by atoms with Gasteiger partial charge in [-0.3, -0.25) is 4.79 Å². The molecule has 0 saturated carbocycles. The summed E-state index contributed by atoms with van der Waals surface area (Å²) in [7, 11) is 3.14. The molecule has 1 fully saturated rings. The minimum absolute atomic E-state index is 0. The quantitative estimate of drug-likeness (QED) is 0.770. The van der Waals surface area contributed by atoms with Crippen molar-refractivity contribution in [3.63, 3.8) is 0 Å². The van der Waals surface area contributed by atoms with Crippen LogP contribution in [0.3, 0.4) is 0 Å². The Hall–Kier alpha value is -1.50. The van der Waals surface area contributed by atoms with E-state index in [1.54, 1.807) is 19.2 Å². The molecule has 2 rings (SSSR count). The first-order valence-corrected chi connectivity index (χ1v) is 6.57. The van der Waals surface area contributed by atoms with E-state index in [4.69, 9.17) is 9.47 Å². The Balaban J connectivity index is 0.00000220. The van der Waals surface area contributed by atoms with Crippen molar-refractivity contribution in [2.75, 3.05) is 27.3 Å². The summed E-state index contributed by atoms with van der Waals surface area (Å²) in [5.41, 5.74) is 0.228. The van der Waals surface area contributed by atoms with Crippen molar-refractivity contribution in [1.29, 1.82) is 0 Å². The van der Waals surface area contributed by atoms with Gasteiger partial charge in [0.05, 0.1) is 24.8 Å². The first-order valence-electron chi connectivity index (χ1n) is 6.57. The Bertz CT molecular complexity index is 484. The maximum atomic E-state index is 12.2. The summed E-state index contributed by atoms with van der Waals surface area (Å²) < 4.78 is 10.4. The average Bonchev–Trinajstić information content (AvgIpc) is 2.47. The van der Waals surface area contributed by atoms with Crippen molar-refractivity contribution in [3.8, 4) is 11.5 Å². The molecule has 0 unspecified atom stereocenters. The number of phenols is 1. The molecule has 0 bridgehead atoms. The van der Waals surface area contributed by atoms with Crippen LogP contribution in [-0.4, -0.2) is 50.5 Å². The number of hydrogen-bond acceptors (Lipinski definition) is 5. The number of nitrogens with one attached hydrogen (secondary N) is 2. The van der Waals surface area contributed by atoms with E-state index >= 15 is 0 Å². The molecule has 118 valence electrons. The van der Waals surface area contributed by atoms with E-state index in [0.29, 0.717) is 12.3 Å². The van der Waals surface area contributed by atoms with Crippen molar-refractivity contribution >= 4 is 18.3 Å². The lowest BCUT2D eigenvalue weighted by Crippen LogP contribution is -2.54. The highest BCUT2D eigenvalue weighted by Crippen LogP contribution is 2.23. The summed E-state index contributed by atoms with van der Waals surface area (Å²) in [6.45, 7) is 1.53. The lowest BCUT2D eigenvalue weighted by molar-refractivity contribution is 0.0447. The van der Waals surface area contributed by atoms with E-state index < -0.39 is 0 Å². The van der Waals surface area contributed by atoms with E-state index in [1.165, 1.54) is 13.2 Å². The second-order valence-electron chi connectivity index (χ2n) is 4.73. The van der Waals surface area contributed by atoms with Crippen LogP contribution in [0, 0.1) is 0 Å². The summed E-state index contributed by atoms with van der Waals surface area (Å²) >= 11 is 0. The number of piperidine rings is 1. The second-order valence-corrected chi connectivity index (χ2v) is 4.73. The summed E-state index contributed by atoms with van der Waals surface area (Å²) in [4.78, 5) is 12.2. The van der Waals surface area contributed by atoms with Crippen molar-refractivity contribution < 1.29 is 19.4 Å². The average molecular weight is 317 g/mol. The number of carbonyl (C=O) groups is 1. The fraction of sp³-hybridized carbons (Fsp3) is 0.500. The predicted molar refractivity (Wildman–Crippen MR) is 81.4 cm³/mol. The summed E-state index contributed by atoms with van der Waals surface area (Å²) in [5, 5.41) is 16.0. The zero-order chi connectivity index (χ0) is 14.5. The van der Waals surface area contributed by atoms with Gasteiger partial charge in [-0.05, 0) is 25.1 Å². The molecule has 2 atom stereocenters. The van der Waals surface area contributed by atoms with Gasteiger partial charge in [0.2, 0.25) is 0 Å². The number of methoxy groups -OCH3 is 2. The van der Waals surface area contributed by atoms with Gasteiger partial charge in [0.15, 0.2) is 0 Å². The molecule has 0 spiro atoms. The fourth-order valence-electron chi connectivity index (χ4n) is 2.34. The molecule has 0 radical (unpaired) electrons. The maximum Gasteiger partial charge on any atom is 0.255 e. The molecule has 1 aliphatic heterocycles. The highest BCUT2D eigenvalue weighted by Gasteiger charge is 2.27. The molecule has 1 saturated heterocycles. The standard InChI is InChI=1S/C14H20N2O4.ClH/c1-19-9-3-4-10(12(17)7-9)14(18)16-11-8-15-6-5-13(11)20-2;/h3-4,7,11,13,15,17H,5-6,8H2,1-2H3,(H,16,18);1H/t11-,13+;/m0./s1. The van der Waals surface area contributed by atoms with Crippen LogP contribution in [0.1, 0.15) is 16.8 Å². The van der Waals surface area contributed by atoms with Crippen LogP contribution in [0.15, 0.2) is 18.2 Å². The van der Waals surface area contributed by atoms with Gasteiger partial charge in [-0.2, -0.15) is 0 Å². The molecule has 1 aromatic rings. The number of carbonyl (C=O) groups excluding carboxylic acids is 1. The van der Waals surface area contributed by atoms with Crippen LogP contribution >= 0.6 is 12.4 Å². The normalized spacial score (nSPS) is 21.2. The van der Waals surface area contributed by atoms with Gasteiger partial charge in [-0.15, -0.1) is 12.4 Å². The smallest absolute Gasteiger partial charge is 0.255 e. The Morgan fingerprint density at radius 3 is 2.81 bits per heavy atom. The highest BCUT2D eigenvalue weighted by atomic mass is 35.5. The number of aromatic hydroxyl groups is 1. The zero-order valence-electron chi connectivity index (χ0n) is 12.1. The monoisotopic (exact) mass is 316 g/mol. The molecule has 7 heteroatoms. The van der Waals surface area contributed by atoms with Crippen LogP contribution in [0.5, 0.6) is 11.5 Å². The van der Waals surface area contributed by atoms with Gasteiger partial charge in [0.1, 0.15) is 11.5 Å². The number of benzene rings is 1. The SMILES string of the molecule is COc1ccc(C(=O)N[C@H]2CNCC[C@H]2OC)c(O)c1.Cl. The highest BCUT2D eigenvalue weighted by molar-refractivity contribution is 5.97.